The fourth-order valence-electron chi connectivity index (χ4n) is 1.24. The summed E-state index contributed by atoms with van der Waals surface area (Å²) in [4.78, 5) is 39.5. The Morgan fingerprint density at radius 1 is 0.692 bits per heavy atom. The first kappa shape index (κ1) is 28.5. The van der Waals surface area contributed by atoms with Gasteiger partial charge in [-0.3, -0.25) is 19.2 Å². The van der Waals surface area contributed by atoms with E-state index in [1.807, 2.05) is 0 Å². The maximum absolute atomic E-state index is 10.3. The number of aliphatic carboxylic acids is 4. The first-order chi connectivity index (χ1) is 12.0. The van der Waals surface area contributed by atoms with Gasteiger partial charge in [0.05, 0.1) is 6.54 Å². The van der Waals surface area contributed by atoms with Gasteiger partial charge in [0.25, 0.3) is 0 Å². The highest BCUT2D eigenvalue weighted by Crippen LogP contribution is 2.04. The fraction of sp³-hybridized carbons (Fsp3) is 0.714. The van der Waals surface area contributed by atoms with Crippen molar-refractivity contribution < 1.29 is 39.6 Å². The molecule has 0 radical (unpaired) electrons. The molecule has 12 nitrogen and oxygen atoms in total. The third kappa shape index (κ3) is 26.6. The van der Waals surface area contributed by atoms with Crippen LogP contribution < -0.4 is 22.9 Å². The summed E-state index contributed by atoms with van der Waals surface area (Å²) in [6.07, 6.45) is 2.86. The first-order valence-electron chi connectivity index (χ1n) is 7.80. The Balaban J connectivity index is -0.000000346. The van der Waals surface area contributed by atoms with Gasteiger partial charge in [-0.25, -0.2) is 0 Å². The Morgan fingerprint density at radius 2 is 1.12 bits per heavy atom. The standard InChI is InChI=1S/C8H15NO4.C4H10N2O2.C2H5NO2/c9-6(8(12)13)4-2-1-3-5-7(10)11;5-2-1-3(6)4(7)8;3-1-2(4)5/h6H,1-5,9H2,(H,10,11)(H,12,13);3H,1-2,5-6H2,(H,7,8);1,3H2,(H,4,5). The normalized spacial score (nSPS) is 11.7. The molecule has 0 heterocycles. The maximum atomic E-state index is 10.3. The summed E-state index contributed by atoms with van der Waals surface area (Å²) in [6.45, 7) is 0.0491. The summed E-state index contributed by atoms with van der Waals surface area (Å²) in [5.74, 6) is -3.78. The molecule has 0 saturated carbocycles. The summed E-state index contributed by atoms with van der Waals surface area (Å²) in [7, 11) is 0. The number of carbonyl (C=O) groups is 4. The number of unbranched alkanes of at least 4 members (excludes halogenated alkanes) is 2. The third-order valence-electron chi connectivity index (χ3n) is 2.69. The van der Waals surface area contributed by atoms with E-state index in [9.17, 15) is 19.2 Å². The molecule has 0 amide bonds. The molecule has 0 aromatic heterocycles. The van der Waals surface area contributed by atoms with Crippen LogP contribution in [0.3, 0.4) is 0 Å². The summed E-state index contributed by atoms with van der Waals surface area (Å²) in [5.41, 5.74) is 19.9. The van der Waals surface area contributed by atoms with Gasteiger partial charge in [0.2, 0.25) is 0 Å². The van der Waals surface area contributed by atoms with Crippen molar-refractivity contribution in [1.29, 1.82) is 0 Å². The van der Waals surface area contributed by atoms with Crippen molar-refractivity contribution in [3.05, 3.63) is 0 Å². The molecule has 0 rings (SSSR count). The van der Waals surface area contributed by atoms with Crippen LogP contribution in [0, 0.1) is 0 Å². The van der Waals surface area contributed by atoms with Gasteiger partial charge in [-0.1, -0.05) is 12.8 Å². The Hall–Kier alpha value is -2.28. The van der Waals surface area contributed by atoms with Crippen LogP contribution in [0.15, 0.2) is 0 Å². The Bertz CT molecular complexity index is 420. The SMILES string of the molecule is NC(CCCCCC(=O)O)C(=O)O.NCC(=O)O.NCCC(N)C(=O)O. The molecule has 0 fully saturated rings. The van der Waals surface area contributed by atoms with Crippen LogP contribution in [0.1, 0.15) is 38.5 Å². The molecule has 0 aliphatic carbocycles. The van der Waals surface area contributed by atoms with Gasteiger partial charge in [-0.2, -0.15) is 0 Å². The van der Waals surface area contributed by atoms with Crippen LogP contribution in [0.25, 0.3) is 0 Å². The van der Waals surface area contributed by atoms with Crippen molar-refractivity contribution >= 4 is 23.9 Å². The summed E-state index contributed by atoms with van der Waals surface area (Å²) >= 11 is 0. The van der Waals surface area contributed by atoms with E-state index >= 15 is 0 Å². The number of nitrogens with two attached hydrogens (primary N) is 4. The van der Waals surface area contributed by atoms with Crippen molar-refractivity contribution in [2.45, 2.75) is 50.6 Å². The molecule has 0 spiro atoms. The molecule has 0 bridgehead atoms. The molecular weight excluding hydrogens is 352 g/mol. The molecule has 2 atom stereocenters. The molecule has 0 aliphatic heterocycles. The topological polar surface area (TPSA) is 253 Å². The second-order valence-corrected chi connectivity index (χ2v) is 5.06. The van der Waals surface area contributed by atoms with E-state index in [0.29, 0.717) is 38.6 Å². The van der Waals surface area contributed by atoms with Crippen LogP contribution in [0.4, 0.5) is 0 Å². The quantitative estimate of drug-likeness (QED) is 0.184. The lowest BCUT2D eigenvalue weighted by atomic mass is 10.1. The molecule has 12 N–H and O–H groups in total. The van der Waals surface area contributed by atoms with E-state index in [0.717, 1.165) is 0 Å². The maximum Gasteiger partial charge on any atom is 0.320 e. The van der Waals surface area contributed by atoms with Crippen LogP contribution in [-0.2, 0) is 19.2 Å². The van der Waals surface area contributed by atoms with Crippen LogP contribution in [0.2, 0.25) is 0 Å². The number of hydrogen-bond donors (Lipinski definition) is 8. The Morgan fingerprint density at radius 3 is 1.38 bits per heavy atom. The summed E-state index contributed by atoms with van der Waals surface area (Å²) < 4.78 is 0. The molecule has 0 aromatic carbocycles. The lowest BCUT2D eigenvalue weighted by Crippen LogP contribution is -2.32. The minimum absolute atomic E-state index is 0.141. The Labute approximate surface area is 151 Å². The van der Waals surface area contributed by atoms with E-state index in [2.05, 4.69) is 5.73 Å². The Kier molecular flexibility index (Phi) is 20.9. The van der Waals surface area contributed by atoms with Crippen molar-refractivity contribution in [2.75, 3.05) is 13.1 Å². The second kappa shape index (κ2) is 19.1. The highest BCUT2D eigenvalue weighted by atomic mass is 16.4. The van der Waals surface area contributed by atoms with Crippen LogP contribution in [-0.4, -0.2) is 69.5 Å². The molecule has 26 heavy (non-hydrogen) atoms. The zero-order chi connectivity index (χ0) is 21.1. The largest absolute Gasteiger partial charge is 0.481 e. The van der Waals surface area contributed by atoms with Gasteiger partial charge in [-0.05, 0) is 25.8 Å². The molecule has 154 valence electrons. The van der Waals surface area contributed by atoms with E-state index in [4.69, 9.17) is 37.6 Å². The number of carboxylic acids is 4. The molecule has 0 saturated heterocycles. The zero-order valence-electron chi connectivity index (χ0n) is 14.5. The highest BCUT2D eigenvalue weighted by molar-refractivity contribution is 5.73. The van der Waals surface area contributed by atoms with Gasteiger partial charge in [0.15, 0.2) is 0 Å². The van der Waals surface area contributed by atoms with Crippen molar-refractivity contribution in [1.82, 2.24) is 0 Å². The third-order valence-corrected chi connectivity index (χ3v) is 2.69. The lowest BCUT2D eigenvalue weighted by molar-refractivity contribution is -0.139. The predicted octanol–water partition coefficient (Wildman–Crippen LogP) is -1.79. The van der Waals surface area contributed by atoms with E-state index in [1.54, 1.807) is 0 Å². The van der Waals surface area contributed by atoms with Crippen LogP contribution >= 0.6 is 0 Å². The van der Waals surface area contributed by atoms with Crippen LogP contribution in [0.5, 0.6) is 0 Å². The van der Waals surface area contributed by atoms with Gasteiger partial charge in [0, 0.05) is 6.42 Å². The van der Waals surface area contributed by atoms with Gasteiger partial charge >= 0.3 is 23.9 Å². The smallest absolute Gasteiger partial charge is 0.320 e. The fourth-order valence-corrected chi connectivity index (χ4v) is 1.24. The minimum atomic E-state index is -1.00. The predicted molar refractivity (Wildman–Crippen MR) is 92.3 cm³/mol. The molecule has 0 aromatic rings. The molecule has 12 heteroatoms. The summed E-state index contributed by atoms with van der Waals surface area (Å²) in [5, 5.41) is 32.4. The zero-order valence-corrected chi connectivity index (χ0v) is 14.5. The van der Waals surface area contributed by atoms with Crippen molar-refractivity contribution in [3.8, 4) is 0 Å². The first-order valence-corrected chi connectivity index (χ1v) is 7.80. The molecule has 0 aliphatic rings. The van der Waals surface area contributed by atoms with Gasteiger partial charge in [0.1, 0.15) is 12.1 Å². The van der Waals surface area contributed by atoms with E-state index in [1.165, 1.54) is 0 Å². The number of rotatable bonds is 11. The highest BCUT2D eigenvalue weighted by Gasteiger charge is 2.10. The summed E-state index contributed by atoms with van der Waals surface area (Å²) in [6, 6.07) is -1.61. The number of carboxylic acid groups (broad SMARTS) is 4. The number of hydrogen-bond acceptors (Lipinski definition) is 8. The second-order valence-electron chi connectivity index (χ2n) is 5.06. The van der Waals surface area contributed by atoms with Crippen molar-refractivity contribution in [2.24, 2.45) is 22.9 Å². The molecular formula is C14H30N4O8. The van der Waals surface area contributed by atoms with Gasteiger partial charge < -0.3 is 43.4 Å². The molecule has 2 unspecified atom stereocenters. The average molecular weight is 382 g/mol. The van der Waals surface area contributed by atoms with E-state index in [-0.39, 0.29) is 13.0 Å². The average Bonchev–Trinajstić information content (AvgIpc) is 2.55. The van der Waals surface area contributed by atoms with E-state index < -0.39 is 36.0 Å². The van der Waals surface area contributed by atoms with Gasteiger partial charge in [-0.15, -0.1) is 0 Å². The minimum Gasteiger partial charge on any atom is -0.481 e. The van der Waals surface area contributed by atoms with Crippen molar-refractivity contribution in [3.63, 3.8) is 0 Å². The lowest BCUT2D eigenvalue weighted by Gasteiger charge is -2.04. The monoisotopic (exact) mass is 382 g/mol.